The highest BCUT2D eigenvalue weighted by atomic mass is 16.5. The molecule has 0 aliphatic carbocycles. The van der Waals surface area contributed by atoms with E-state index in [-0.39, 0.29) is 24.9 Å². The SMILES string of the molecule is CCCCC/C=C\C/C=C\C/C=C\C/C=C\CC(CC(=O)NC(CO)C(O)CCCCCCCCCCCCCCCC)OC(=O)CCCCCCCCCCC. The molecule has 332 valence electrons. The van der Waals surface area contributed by atoms with Gasteiger partial charge in [0.05, 0.1) is 25.2 Å². The van der Waals surface area contributed by atoms with Crippen molar-refractivity contribution in [1.82, 2.24) is 5.32 Å². The van der Waals surface area contributed by atoms with E-state index in [4.69, 9.17) is 4.74 Å². The zero-order chi connectivity index (χ0) is 41.7. The van der Waals surface area contributed by atoms with Crippen molar-refractivity contribution in [3.8, 4) is 0 Å². The highest BCUT2D eigenvalue weighted by molar-refractivity contribution is 5.77. The minimum Gasteiger partial charge on any atom is -0.461 e. The molecule has 3 N–H and O–H groups in total. The Bertz CT molecular complexity index is 988. The van der Waals surface area contributed by atoms with Gasteiger partial charge in [-0.25, -0.2) is 0 Å². The van der Waals surface area contributed by atoms with Crippen LogP contribution in [-0.2, 0) is 14.3 Å². The predicted molar refractivity (Wildman–Crippen MR) is 245 cm³/mol. The van der Waals surface area contributed by atoms with Gasteiger partial charge in [-0.15, -0.1) is 0 Å². The van der Waals surface area contributed by atoms with Crippen molar-refractivity contribution < 1.29 is 24.5 Å². The summed E-state index contributed by atoms with van der Waals surface area (Å²) in [7, 11) is 0. The van der Waals surface area contributed by atoms with Crippen LogP contribution in [0.4, 0.5) is 0 Å². The summed E-state index contributed by atoms with van der Waals surface area (Å²) in [5.74, 6) is -0.575. The maximum absolute atomic E-state index is 13.1. The Morgan fingerprint density at radius 3 is 1.40 bits per heavy atom. The van der Waals surface area contributed by atoms with Gasteiger partial charge in [-0.05, 0) is 44.9 Å². The van der Waals surface area contributed by atoms with E-state index in [0.717, 1.165) is 57.8 Å². The number of rotatable bonds is 43. The second-order valence-electron chi connectivity index (χ2n) is 16.5. The largest absolute Gasteiger partial charge is 0.461 e. The first-order valence-electron chi connectivity index (χ1n) is 24.4. The van der Waals surface area contributed by atoms with E-state index in [1.54, 1.807) is 0 Å². The smallest absolute Gasteiger partial charge is 0.306 e. The first kappa shape index (κ1) is 54.8. The van der Waals surface area contributed by atoms with Crippen LogP contribution in [0.5, 0.6) is 0 Å². The minimum atomic E-state index is -0.808. The fourth-order valence-electron chi connectivity index (χ4n) is 7.17. The zero-order valence-corrected chi connectivity index (χ0v) is 37.7. The average Bonchev–Trinajstić information content (AvgIpc) is 3.20. The number of nitrogens with one attached hydrogen (secondary N) is 1. The van der Waals surface area contributed by atoms with Crippen LogP contribution in [0.3, 0.4) is 0 Å². The summed E-state index contributed by atoms with van der Waals surface area (Å²) < 4.78 is 5.84. The molecule has 0 saturated heterocycles. The summed E-state index contributed by atoms with van der Waals surface area (Å²) in [6.45, 7) is 6.41. The lowest BCUT2D eigenvalue weighted by molar-refractivity contribution is -0.150. The molecular weight excluding hydrogens is 707 g/mol. The van der Waals surface area contributed by atoms with Crippen molar-refractivity contribution in [2.24, 2.45) is 0 Å². The molecule has 0 aliphatic rings. The lowest BCUT2D eigenvalue weighted by Gasteiger charge is -2.24. The predicted octanol–water partition coefficient (Wildman–Crippen LogP) is 14.3. The quantitative estimate of drug-likeness (QED) is 0.0324. The molecule has 0 aliphatic heterocycles. The van der Waals surface area contributed by atoms with Crippen LogP contribution >= 0.6 is 0 Å². The molecule has 0 spiro atoms. The number of aliphatic hydroxyl groups is 2. The Kier molecular flexibility index (Phi) is 43.2. The van der Waals surface area contributed by atoms with Gasteiger partial charge in [0, 0.05) is 12.8 Å². The molecule has 0 aromatic carbocycles. The zero-order valence-electron chi connectivity index (χ0n) is 37.7. The summed E-state index contributed by atoms with van der Waals surface area (Å²) >= 11 is 0. The Morgan fingerprint density at radius 1 is 0.526 bits per heavy atom. The van der Waals surface area contributed by atoms with E-state index in [1.807, 2.05) is 6.08 Å². The number of aliphatic hydroxyl groups excluding tert-OH is 2. The van der Waals surface area contributed by atoms with Gasteiger partial charge in [0.25, 0.3) is 0 Å². The molecule has 0 rings (SSSR count). The molecule has 6 nitrogen and oxygen atoms in total. The Hall–Kier alpha value is -2.18. The monoisotopic (exact) mass is 800 g/mol. The van der Waals surface area contributed by atoms with Crippen molar-refractivity contribution in [3.05, 3.63) is 48.6 Å². The molecule has 57 heavy (non-hydrogen) atoms. The standard InChI is InChI=1S/C51H93NO5/c1-4-7-10-13-16-19-21-23-25-26-28-31-33-36-39-42-47(57-51(56)44-41-38-35-30-18-15-12-9-6-3)45-50(55)52-48(46-53)49(54)43-40-37-34-32-29-27-24-22-20-17-14-11-8-5-2/h16,19,23,25,28,31,36,39,47-49,53-54H,4-15,17-18,20-22,24,26-27,29-30,32-35,37-38,40-46H2,1-3H3,(H,52,55)/b19-16-,25-23-,31-28-,39-36-. The summed E-state index contributed by atoms with van der Waals surface area (Å²) in [6.07, 6.45) is 53.3. The third-order valence-electron chi connectivity index (χ3n) is 10.9. The number of esters is 1. The van der Waals surface area contributed by atoms with Crippen LogP contribution in [0.1, 0.15) is 239 Å². The molecule has 3 atom stereocenters. The second kappa shape index (κ2) is 44.9. The second-order valence-corrected chi connectivity index (χ2v) is 16.5. The molecule has 0 aromatic rings. The average molecular weight is 800 g/mol. The van der Waals surface area contributed by atoms with Gasteiger partial charge < -0.3 is 20.3 Å². The summed E-state index contributed by atoms with van der Waals surface area (Å²) in [5.41, 5.74) is 0. The molecular formula is C51H93NO5. The van der Waals surface area contributed by atoms with Crippen LogP contribution in [0.15, 0.2) is 48.6 Å². The van der Waals surface area contributed by atoms with Crippen LogP contribution in [0, 0.1) is 0 Å². The fraction of sp³-hybridized carbons (Fsp3) is 0.804. The Labute approximate surface area is 353 Å². The summed E-state index contributed by atoms with van der Waals surface area (Å²) in [6, 6.07) is -0.727. The third kappa shape index (κ3) is 40.4. The number of hydrogen-bond donors (Lipinski definition) is 3. The van der Waals surface area contributed by atoms with Crippen LogP contribution in [-0.4, -0.2) is 46.9 Å². The van der Waals surface area contributed by atoms with Crippen molar-refractivity contribution in [2.75, 3.05) is 6.61 Å². The first-order valence-corrected chi connectivity index (χ1v) is 24.4. The Morgan fingerprint density at radius 2 is 0.930 bits per heavy atom. The van der Waals surface area contributed by atoms with E-state index >= 15 is 0 Å². The van der Waals surface area contributed by atoms with Gasteiger partial charge in [0.1, 0.15) is 6.10 Å². The van der Waals surface area contributed by atoms with Crippen LogP contribution in [0.2, 0.25) is 0 Å². The van der Waals surface area contributed by atoms with Gasteiger partial charge in [-0.3, -0.25) is 9.59 Å². The number of ether oxygens (including phenoxy) is 1. The molecule has 1 amide bonds. The molecule has 0 heterocycles. The Balaban J connectivity index is 4.67. The van der Waals surface area contributed by atoms with Crippen molar-refractivity contribution in [3.63, 3.8) is 0 Å². The van der Waals surface area contributed by atoms with Gasteiger partial charge >= 0.3 is 5.97 Å². The number of carbonyl (C=O) groups is 2. The van der Waals surface area contributed by atoms with Gasteiger partial charge in [-0.1, -0.05) is 223 Å². The number of carbonyl (C=O) groups excluding carboxylic acids is 2. The van der Waals surface area contributed by atoms with Crippen molar-refractivity contribution in [2.45, 2.75) is 257 Å². The molecule has 0 fully saturated rings. The topological polar surface area (TPSA) is 95.9 Å². The highest BCUT2D eigenvalue weighted by Gasteiger charge is 2.23. The van der Waals surface area contributed by atoms with E-state index in [9.17, 15) is 19.8 Å². The molecule has 3 unspecified atom stereocenters. The van der Waals surface area contributed by atoms with Gasteiger partial charge in [0.2, 0.25) is 5.91 Å². The normalized spacial score (nSPS) is 13.7. The number of hydrogen-bond acceptors (Lipinski definition) is 5. The number of amides is 1. The minimum absolute atomic E-state index is 0.00357. The first-order chi connectivity index (χ1) is 28.0. The lowest BCUT2D eigenvalue weighted by atomic mass is 10.0. The van der Waals surface area contributed by atoms with E-state index in [1.165, 1.54) is 135 Å². The van der Waals surface area contributed by atoms with Gasteiger partial charge in [0.15, 0.2) is 0 Å². The number of allylic oxidation sites excluding steroid dienone is 7. The molecule has 0 saturated carbocycles. The highest BCUT2D eigenvalue weighted by Crippen LogP contribution is 2.16. The van der Waals surface area contributed by atoms with E-state index in [0.29, 0.717) is 19.3 Å². The third-order valence-corrected chi connectivity index (χ3v) is 10.9. The maximum atomic E-state index is 13.1. The molecule has 0 aromatic heterocycles. The van der Waals surface area contributed by atoms with Gasteiger partial charge in [-0.2, -0.15) is 0 Å². The lowest BCUT2D eigenvalue weighted by Crippen LogP contribution is -2.46. The summed E-state index contributed by atoms with van der Waals surface area (Å²) in [4.78, 5) is 25.9. The molecule has 6 heteroatoms. The van der Waals surface area contributed by atoms with E-state index < -0.39 is 18.2 Å². The van der Waals surface area contributed by atoms with Crippen LogP contribution < -0.4 is 5.32 Å². The van der Waals surface area contributed by atoms with Crippen molar-refractivity contribution >= 4 is 11.9 Å². The van der Waals surface area contributed by atoms with E-state index in [2.05, 4.69) is 68.6 Å². The maximum Gasteiger partial charge on any atom is 0.306 e. The number of unbranched alkanes of at least 4 members (excludes halogenated alkanes) is 24. The van der Waals surface area contributed by atoms with Crippen LogP contribution in [0.25, 0.3) is 0 Å². The van der Waals surface area contributed by atoms with Crippen molar-refractivity contribution in [1.29, 1.82) is 0 Å². The summed E-state index contributed by atoms with van der Waals surface area (Å²) in [5, 5.41) is 23.7. The molecule has 0 bridgehead atoms. The molecule has 0 radical (unpaired) electrons. The fourth-order valence-corrected chi connectivity index (χ4v) is 7.17.